The van der Waals surface area contributed by atoms with E-state index in [-0.39, 0.29) is 39.5 Å². The van der Waals surface area contributed by atoms with E-state index in [4.69, 9.17) is 0 Å². The lowest BCUT2D eigenvalue weighted by molar-refractivity contribution is 0.195. The van der Waals surface area contributed by atoms with Gasteiger partial charge in [-0.1, -0.05) is 196 Å². The molecule has 14 rings (SSSR count). The minimum Gasteiger partial charge on any atom is -0.334 e. The third-order valence-corrected chi connectivity index (χ3v) is 20.1. The molecule has 0 amide bonds. The van der Waals surface area contributed by atoms with Crippen molar-refractivity contribution in [2.45, 2.75) is 141 Å². The van der Waals surface area contributed by atoms with E-state index in [2.05, 4.69) is 254 Å². The molecular weight excluding hydrogens is 894 g/mol. The SMILES string of the molecule is CC(C)(C)c1ccc2c(c1)B1c3cccc4c3N(c3cc(N5c6ccc(-c7ccccc7)cc6C6(C)CCCCC56C)cc(c31)N2c1ccc(C(C)(C)C)cc1-c1ccccc1)C1(C)c2ccccc2CCC41C. The van der Waals surface area contributed by atoms with Crippen LogP contribution >= 0.6 is 0 Å². The van der Waals surface area contributed by atoms with E-state index in [1.165, 1.54) is 125 Å². The summed E-state index contributed by atoms with van der Waals surface area (Å²) in [7, 11) is 0. The first kappa shape index (κ1) is 45.8. The second-order valence-corrected chi connectivity index (χ2v) is 25.9. The second kappa shape index (κ2) is 15.4. The van der Waals surface area contributed by atoms with E-state index in [0.717, 1.165) is 25.7 Å². The Bertz CT molecular complexity index is 3640. The average molecular weight is 964 g/mol. The third-order valence-electron chi connectivity index (χ3n) is 20.1. The van der Waals surface area contributed by atoms with Crippen molar-refractivity contribution in [1.82, 2.24) is 0 Å². The van der Waals surface area contributed by atoms with E-state index < -0.39 is 0 Å². The summed E-state index contributed by atoms with van der Waals surface area (Å²) in [5.41, 5.74) is 26.4. The van der Waals surface area contributed by atoms with Gasteiger partial charge in [0.2, 0.25) is 0 Å². The highest BCUT2D eigenvalue weighted by Gasteiger charge is 2.64. The number of aryl methyl sites for hydroxylation is 1. The molecule has 4 heterocycles. The Hall–Kier alpha value is -6.78. The molecule has 0 spiro atoms. The van der Waals surface area contributed by atoms with Gasteiger partial charge in [-0.3, -0.25) is 0 Å². The fraction of sp³-hybridized carbons (Fsp3) is 0.314. The molecule has 0 N–H and O–H groups in total. The molecule has 4 unspecified atom stereocenters. The molecule has 4 heteroatoms. The molecule has 4 aliphatic heterocycles. The largest absolute Gasteiger partial charge is 0.334 e. The number of hydrogen-bond donors (Lipinski definition) is 0. The zero-order chi connectivity index (χ0) is 50.9. The highest BCUT2D eigenvalue weighted by molar-refractivity contribution is 7.00. The molecule has 8 aromatic rings. The van der Waals surface area contributed by atoms with Gasteiger partial charge in [-0.25, -0.2) is 0 Å². The van der Waals surface area contributed by atoms with Crippen molar-refractivity contribution in [3.63, 3.8) is 0 Å². The third kappa shape index (κ3) is 5.97. The molecule has 0 bridgehead atoms. The van der Waals surface area contributed by atoms with E-state index >= 15 is 0 Å². The molecule has 0 radical (unpaired) electrons. The van der Waals surface area contributed by atoms with Crippen LogP contribution in [0.5, 0.6) is 0 Å². The first-order chi connectivity index (χ1) is 35.5. The Morgan fingerprint density at radius 2 is 1.08 bits per heavy atom. The Morgan fingerprint density at radius 1 is 0.446 bits per heavy atom. The Kier molecular flexibility index (Phi) is 9.54. The van der Waals surface area contributed by atoms with Gasteiger partial charge in [0.25, 0.3) is 6.71 Å². The summed E-state index contributed by atoms with van der Waals surface area (Å²) in [5, 5.41) is 0. The van der Waals surface area contributed by atoms with Crippen molar-refractivity contribution >= 4 is 62.9 Å². The van der Waals surface area contributed by atoms with Crippen LogP contribution in [0.1, 0.15) is 135 Å². The fourth-order valence-electron chi connectivity index (χ4n) is 15.7. The maximum atomic E-state index is 2.91. The van der Waals surface area contributed by atoms with Crippen LogP contribution < -0.4 is 31.1 Å². The van der Waals surface area contributed by atoms with Crippen LogP contribution in [0, 0.1) is 0 Å². The monoisotopic (exact) mass is 964 g/mol. The molecule has 1 saturated carbocycles. The van der Waals surface area contributed by atoms with Crippen molar-refractivity contribution in [2.24, 2.45) is 0 Å². The van der Waals surface area contributed by atoms with Crippen molar-refractivity contribution < 1.29 is 0 Å². The zero-order valence-electron chi connectivity index (χ0n) is 45.3. The Balaban J connectivity index is 1.12. The van der Waals surface area contributed by atoms with E-state index in [1.54, 1.807) is 0 Å². The van der Waals surface area contributed by atoms with Crippen LogP contribution in [0.15, 0.2) is 170 Å². The maximum absolute atomic E-state index is 2.91. The van der Waals surface area contributed by atoms with Crippen molar-refractivity contribution in [3.8, 4) is 22.3 Å². The zero-order valence-corrected chi connectivity index (χ0v) is 45.3. The lowest BCUT2D eigenvalue weighted by Gasteiger charge is -2.54. The number of hydrogen-bond acceptors (Lipinski definition) is 3. The summed E-state index contributed by atoms with van der Waals surface area (Å²) in [6, 6.07) is 66.8. The summed E-state index contributed by atoms with van der Waals surface area (Å²) in [6.45, 7) is 24.6. The average Bonchev–Trinajstić information content (AvgIpc) is 3.78. The summed E-state index contributed by atoms with van der Waals surface area (Å²) < 4.78 is 0. The van der Waals surface area contributed by atoms with Gasteiger partial charge >= 0.3 is 0 Å². The molecule has 8 aromatic carbocycles. The van der Waals surface area contributed by atoms with Gasteiger partial charge in [0.15, 0.2) is 0 Å². The minimum atomic E-state index is -0.351. The van der Waals surface area contributed by atoms with Gasteiger partial charge in [-0.05, 0) is 159 Å². The van der Waals surface area contributed by atoms with E-state index in [0.29, 0.717) is 0 Å². The predicted octanol–water partition coefficient (Wildman–Crippen LogP) is 16.2. The molecule has 2 aliphatic carbocycles. The molecule has 0 saturated heterocycles. The lowest BCUT2D eigenvalue weighted by Crippen LogP contribution is -2.64. The van der Waals surface area contributed by atoms with E-state index in [1.807, 2.05) is 0 Å². The Morgan fingerprint density at radius 3 is 1.82 bits per heavy atom. The van der Waals surface area contributed by atoms with Crippen LogP contribution in [0.25, 0.3) is 22.3 Å². The smallest absolute Gasteiger partial charge is 0.252 e. The molecule has 4 atom stereocenters. The molecule has 6 aliphatic rings. The molecule has 3 nitrogen and oxygen atoms in total. The first-order valence-corrected chi connectivity index (χ1v) is 27.8. The summed E-state index contributed by atoms with van der Waals surface area (Å²) >= 11 is 0. The van der Waals surface area contributed by atoms with Gasteiger partial charge in [0, 0.05) is 50.5 Å². The number of fused-ring (bicyclic) bond motifs is 12. The number of para-hydroxylation sites is 1. The lowest BCUT2D eigenvalue weighted by atomic mass is 9.33. The molecule has 0 aromatic heterocycles. The highest BCUT2D eigenvalue weighted by atomic mass is 15.3. The van der Waals surface area contributed by atoms with Crippen LogP contribution in [0.2, 0.25) is 0 Å². The second-order valence-electron chi connectivity index (χ2n) is 25.9. The van der Waals surface area contributed by atoms with Crippen molar-refractivity contribution in [1.29, 1.82) is 0 Å². The topological polar surface area (TPSA) is 9.72 Å². The quantitative estimate of drug-likeness (QED) is 0.163. The normalized spacial score (nSPS) is 23.9. The van der Waals surface area contributed by atoms with Gasteiger partial charge in [-0.15, -0.1) is 0 Å². The standard InChI is InChI=1S/C70H70BN3/c1-65(2,3)49-31-34-58(52(41-49)46-24-15-12-16-25-46)72-60-35-32-50(66(4,5)6)42-57(60)71-56-29-21-28-54-64(56)74(70(10)53-27-18-17-26-47(53)36-39-68(54,70)8)62-44-51(43-61(72)63(62)71)73-59-33-30-48(45-22-13-11-14-23-45)40-55(59)67(7)37-19-20-38-69(67,73)9/h11-18,21-35,40-44H,19-20,36-39H2,1-10H3. The molecular formula is C70H70BN3. The van der Waals surface area contributed by atoms with Gasteiger partial charge in [0.05, 0.1) is 16.8 Å². The number of rotatable bonds is 4. The van der Waals surface area contributed by atoms with Crippen LogP contribution in [-0.2, 0) is 33.6 Å². The van der Waals surface area contributed by atoms with Crippen LogP contribution in [-0.4, -0.2) is 12.3 Å². The summed E-state index contributed by atoms with van der Waals surface area (Å²) in [6.07, 6.45) is 6.92. The number of anilines is 7. The Labute approximate surface area is 441 Å². The summed E-state index contributed by atoms with van der Waals surface area (Å²) in [4.78, 5) is 8.48. The summed E-state index contributed by atoms with van der Waals surface area (Å²) in [5.74, 6) is 0. The molecule has 368 valence electrons. The molecule has 74 heavy (non-hydrogen) atoms. The maximum Gasteiger partial charge on any atom is 0.252 e. The number of nitrogens with zero attached hydrogens (tertiary/aromatic N) is 3. The van der Waals surface area contributed by atoms with Crippen LogP contribution in [0.4, 0.5) is 39.8 Å². The first-order valence-electron chi connectivity index (χ1n) is 27.8. The van der Waals surface area contributed by atoms with E-state index in [9.17, 15) is 0 Å². The minimum absolute atomic E-state index is 0.0280. The fourth-order valence-corrected chi connectivity index (χ4v) is 15.7. The van der Waals surface area contributed by atoms with Crippen molar-refractivity contribution in [2.75, 3.05) is 14.7 Å². The van der Waals surface area contributed by atoms with Gasteiger partial charge < -0.3 is 14.7 Å². The van der Waals surface area contributed by atoms with Gasteiger partial charge in [-0.2, -0.15) is 0 Å². The highest BCUT2D eigenvalue weighted by Crippen LogP contribution is 2.66. The van der Waals surface area contributed by atoms with Crippen LogP contribution in [0.3, 0.4) is 0 Å². The molecule has 1 fully saturated rings. The van der Waals surface area contributed by atoms with Gasteiger partial charge in [0.1, 0.15) is 0 Å². The number of benzene rings is 8. The predicted molar refractivity (Wildman–Crippen MR) is 315 cm³/mol. The van der Waals surface area contributed by atoms with Crippen molar-refractivity contribution in [3.05, 3.63) is 203 Å².